The summed E-state index contributed by atoms with van der Waals surface area (Å²) in [6.07, 6.45) is 7.33. The van der Waals surface area contributed by atoms with Crippen LogP contribution in [0.15, 0.2) is 24.8 Å². The van der Waals surface area contributed by atoms with E-state index in [9.17, 15) is 4.79 Å². The van der Waals surface area contributed by atoms with E-state index < -0.39 is 5.97 Å². The number of esters is 1. The van der Waals surface area contributed by atoms with Gasteiger partial charge in [0.15, 0.2) is 0 Å². The highest BCUT2D eigenvalue weighted by molar-refractivity contribution is 5.81. The molecule has 0 unspecified atom stereocenters. The van der Waals surface area contributed by atoms with Gasteiger partial charge in [-0.25, -0.2) is 4.79 Å². The number of hydrogen-bond acceptors (Lipinski definition) is 4. The molecule has 4 nitrogen and oxygen atoms in total. The van der Waals surface area contributed by atoms with E-state index in [0.717, 1.165) is 6.42 Å². The number of methoxy groups -OCH3 is 1. The fourth-order valence-electron chi connectivity index (χ4n) is 1.44. The minimum absolute atomic E-state index is 0.0254. The zero-order valence-electron chi connectivity index (χ0n) is 11.6. The molecule has 0 aromatic heterocycles. The zero-order valence-corrected chi connectivity index (χ0v) is 11.6. The first-order valence-electron chi connectivity index (χ1n) is 6.22. The minimum Gasteiger partial charge on any atom is -0.459 e. The number of allylic oxidation sites excluding steroid dienone is 1. The molecule has 0 aliphatic rings. The quantitative estimate of drug-likeness (QED) is 0.261. The van der Waals surface area contributed by atoms with E-state index in [-0.39, 0.29) is 19.0 Å². The molecule has 0 spiro atoms. The van der Waals surface area contributed by atoms with Gasteiger partial charge in [-0.3, -0.25) is 0 Å². The van der Waals surface area contributed by atoms with Crippen LogP contribution in [-0.2, 0) is 19.0 Å². The van der Waals surface area contributed by atoms with E-state index in [1.165, 1.54) is 6.08 Å². The Kier molecular flexibility index (Phi) is 10.3. The van der Waals surface area contributed by atoms with E-state index in [1.807, 2.05) is 13.0 Å². The molecule has 0 saturated carbocycles. The highest BCUT2D eigenvalue weighted by atomic mass is 16.7. The van der Waals surface area contributed by atoms with Crippen LogP contribution < -0.4 is 0 Å². The highest BCUT2D eigenvalue weighted by Gasteiger charge is 2.15. The summed E-state index contributed by atoms with van der Waals surface area (Å²) in [4.78, 5) is 11.2. The van der Waals surface area contributed by atoms with Gasteiger partial charge in [-0.15, -0.1) is 0 Å². The summed E-state index contributed by atoms with van der Waals surface area (Å²) < 4.78 is 15.5. The van der Waals surface area contributed by atoms with Crippen LogP contribution in [0.4, 0.5) is 0 Å². The first-order chi connectivity index (χ1) is 8.63. The van der Waals surface area contributed by atoms with Gasteiger partial charge in [0.05, 0.1) is 6.10 Å². The van der Waals surface area contributed by atoms with Crippen molar-refractivity contribution in [2.24, 2.45) is 0 Å². The van der Waals surface area contributed by atoms with Gasteiger partial charge in [-0.2, -0.15) is 0 Å². The molecule has 0 bridgehead atoms. The fraction of sp³-hybridized carbons (Fsp3) is 0.643. The van der Waals surface area contributed by atoms with Crippen LogP contribution in [-0.4, -0.2) is 32.1 Å². The Bertz CT molecular complexity index is 261. The number of carbonyl (C=O) groups is 1. The largest absolute Gasteiger partial charge is 0.459 e. The lowest BCUT2D eigenvalue weighted by Crippen LogP contribution is -2.23. The monoisotopic (exact) mass is 256 g/mol. The number of rotatable bonds is 10. The molecule has 0 N–H and O–H groups in total. The summed E-state index contributed by atoms with van der Waals surface area (Å²) in [5.74, 6) is -0.399. The fourth-order valence-corrected chi connectivity index (χ4v) is 1.44. The Morgan fingerprint density at radius 1 is 1.39 bits per heavy atom. The summed E-state index contributed by atoms with van der Waals surface area (Å²) in [5.41, 5.74) is 0. The van der Waals surface area contributed by atoms with Crippen molar-refractivity contribution in [2.45, 2.75) is 45.3 Å². The average molecular weight is 256 g/mol. The van der Waals surface area contributed by atoms with Crippen LogP contribution in [0.3, 0.4) is 0 Å². The van der Waals surface area contributed by atoms with Gasteiger partial charge in [0.25, 0.3) is 0 Å². The van der Waals surface area contributed by atoms with Crippen molar-refractivity contribution >= 4 is 5.97 Å². The molecule has 0 saturated heterocycles. The lowest BCUT2D eigenvalue weighted by molar-refractivity contribution is -0.145. The molecule has 4 heteroatoms. The molecule has 104 valence electrons. The van der Waals surface area contributed by atoms with E-state index in [2.05, 4.69) is 19.6 Å². The lowest BCUT2D eigenvalue weighted by Gasteiger charge is -2.20. The summed E-state index contributed by atoms with van der Waals surface area (Å²) in [7, 11) is 1.58. The molecule has 0 rings (SSSR count). The van der Waals surface area contributed by atoms with Crippen LogP contribution in [0, 0.1) is 0 Å². The molecule has 0 fully saturated rings. The Morgan fingerprint density at radius 2 is 2.11 bits per heavy atom. The summed E-state index contributed by atoms with van der Waals surface area (Å²) in [6, 6.07) is 0. The molecule has 2 atom stereocenters. The molecule has 0 heterocycles. The van der Waals surface area contributed by atoms with Crippen molar-refractivity contribution in [2.75, 3.05) is 13.9 Å². The van der Waals surface area contributed by atoms with Crippen molar-refractivity contribution in [3.63, 3.8) is 0 Å². The molecule has 0 amide bonds. The van der Waals surface area contributed by atoms with Gasteiger partial charge in [-0.05, 0) is 13.3 Å². The Morgan fingerprint density at radius 3 is 2.67 bits per heavy atom. The maximum Gasteiger partial charge on any atom is 0.330 e. The zero-order chi connectivity index (χ0) is 13.8. The second-order valence-corrected chi connectivity index (χ2v) is 4.00. The normalized spacial score (nSPS) is 14.4. The van der Waals surface area contributed by atoms with Gasteiger partial charge >= 0.3 is 5.97 Å². The van der Waals surface area contributed by atoms with Gasteiger partial charge in [0.1, 0.15) is 12.9 Å². The van der Waals surface area contributed by atoms with E-state index in [4.69, 9.17) is 14.2 Å². The summed E-state index contributed by atoms with van der Waals surface area (Å²) in [6.45, 7) is 7.63. The van der Waals surface area contributed by atoms with Crippen LogP contribution in [0.5, 0.6) is 0 Å². The predicted octanol–water partition coefficient (Wildman–Crippen LogP) is 2.84. The second-order valence-electron chi connectivity index (χ2n) is 4.00. The van der Waals surface area contributed by atoms with Gasteiger partial charge < -0.3 is 14.2 Å². The van der Waals surface area contributed by atoms with E-state index in [0.29, 0.717) is 12.8 Å². The third kappa shape index (κ3) is 8.96. The van der Waals surface area contributed by atoms with Crippen molar-refractivity contribution in [3.05, 3.63) is 24.8 Å². The van der Waals surface area contributed by atoms with Crippen molar-refractivity contribution in [3.8, 4) is 0 Å². The second kappa shape index (κ2) is 11.0. The Labute approximate surface area is 110 Å². The van der Waals surface area contributed by atoms with Gasteiger partial charge in [0.2, 0.25) is 0 Å². The van der Waals surface area contributed by atoms with Crippen LogP contribution in [0.1, 0.15) is 33.1 Å². The smallest absolute Gasteiger partial charge is 0.330 e. The lowest BCUT2D eigenvalue weighted by atomic mass is 10.1. The Balaban J connectivity index is 4.21. The molecular formula is C14H24O4. The maximum atomic E-state index is 11.2. The van der Waals surface area contributed by atoms with Crippen LogP contribution in [0.25, 0.3) is 0 Å². The summed E-state index contributed by atoms with van der Waals surface area (Å²) in [5, 5.41) is 0. The van der Waals surface area contributed by atoms with Crippen molar-refractivity contribution < 1.29 is 19.0 Å². The molecule has 0 aliphatic heterocycles. The minimum atomic E-state index is -0.399. The standard InChI is InChI=1S/C14H24O4/c1-5-7-8-9-13(18-14(15)6-2)10-12(3)17-11-16-4/h6-8,12-13H,2,5,9-11H2,1,3-4H3/b8-7+/t12-,13+/m1/s1. The SMILES string of the molecule is C=CC(=O)O[C@@H](C/C=C/CC)C[C@@H](C)OCOC. The predicted molar refractivity (Wildman–Crippen MR) is 71.2 cm³/mol. The third-order valence-electron chi connectivity index (χ3n) is 2.32. The Hall–Kier alpha value is -1.13. The van der Waals surface area contributed by atoms with E-state index >= 15 is 0 Å². The molecule has 0 radical (unpaired) electrons. The number of ether oxygens (including phenoxy) is 3. The third-order valence-corrected chi connectivity index (χ3v) is 2.32. The van der Waals surface area contributed by atoms with Crippen LogP contribution in [0.2, 0.25) is 0 Å². The molecule has 0 aromatic carbocycles. The maximum absolute atomic E-state index is 11.2. The number of hydrogen-bond donors (Lipinski definition) is 0. The van der Waals surface area contributed by atoms with E-state index in [1.54, 1.807) is 7.11 Å². The van der Waals surface area contributed by atoms with Crippen molar-refractivity contribution in [1.82, 2.24) is 0 Å². The van der Waals surface area contributed by atoms with Crippen molar-refractivity contribution in [1.29, 1.82) is 0 Å². The average Bonchev–Trinajstić information content (AvgIpc) is 2.36. The molecule has 0 aliphatic carbocycles. The molecule has 18 heavy (non-hydrogen) atoms. The molecular weight excluding hydrogens is 232 g/mol. The first kappa shape index (κ1) is 16.9. The van der Waals surface area contributed by atoms with Crippen LogP contribution >= 0.6 is 0 Å². The summed E-state index contributed by atoms with van der Waals surface area (Å²) >= 11 is 0. The topological polar surface area (TPSA) is 44.8 Å². The van der Waals surface area contributed by atoms with Gasteiger partial charge in [0, 0.05) is 26.0 Å². The number of carbonyl (C=O) groups excluding carboxylic acids is 1. The highest BCUT2D eigenvalue weighted by Crippen LogP contribution is 2.11. The first-order valence-corrected chi connectivity index (χ1v) is 6.22. The molecule has 0 aromatic rings. The van der Waals surface area contributed by atoms with Gasteiger partial charge in [-0.1, -0.05) is 25.7 Å².